The molecule has 0 aliphatic heterocycles. The Labute approximate surface area is 103 Å². The molecule has 1 aromatic carbocycles. The van der Waals surface area contributed by atoms with E-state index in [1.807, 2.05) is 0 Å². The smallest absolute Gasteiger partial charge is 0.348 e. The molecule has 0 heterocycles. The van der Waals surface area contributed by atoms with Crippen LogP contribution in [0, 0.1) is 11.6 Å². The highest BCUT2D eigenvalue weighted by atomic mass is 19.1. The first-order chi connectivity index (χ1) is 8.53. The topological polar surface area (TPSA) is 46.5 Å². The number of benzene rings is 1. The Balaban J connectivity index is 2.26. The SMILES string of the molecule is O=C(O)C1(Oc2ccc(F)cc2F)CCCCC1. The summed E-state index contributed by atoms with van der Waals surface area (Å²) in [7, 11) is 0. The minimum atomic E-state index is -1.38. The third-order valence-corrected chi connectivity index (χ3v) is 3.25. The van der Waals surface area contributed by atoms with Crippen molar-refractivity contribution < 1.29 is 23.4 Å². The molecular formula is C13H14F2O3. The number of halogens is 2. The second-order valence-corrected chi connectivity index (χ2v) is 4.54. The molecule has 1 N–H and O–H groups in total. The Hall–Kier alpha value is -1.65. The van der Waals surface area contributed by atoms with E-state index in [0.29, 0.717) is 18.9 Å². The summed E-state index contributed by atoms with van der Waals surface area (Å²) < 4.78 is 31.6. The van der Waals surface area contributed by atoms with E-state index in [9.17, 15) is 18.7 Å². The van der Waals surface area contributed by atoms with E-state index >= 15 is 0 Å². The molecule has 1 saturated carbocycles. The van der Waals surface area contributed by atoms with Crippen molar-refractivity contribution in [2.75, 3.05) is 0 Å². The third kappa shape index (κ3) is 2.44. The van der Waals surface area contributed by atoms with Gasteiger partial charge >= 0.3 is 5.97 Å². The number of hydrogen-bond donors (Lipinski definition) is 1. The van der Waals surface area contributed by atoms with Gasteiger partial charge in [0.05, 0.1) is 0 Å². The Kier molecular flexibility index (Phi) is 3.50. The standard InChI is InChI=1S/C13H14F2O3/c14-9-4-5-11(10(15)8-9)18-13(12(16)17)6-2-1-3-7-13/h4-5,8H,1-3,6-7H2,(H,16,17). The van der Waals surface area contributed by atoms with E-state index < -0.39 is 23.2 Å². The molecule has 0 saturated heterocycles. The van der Waals surface area contributed by atoms with Crippen LogP contribution >= 0.6 is 0 Å². The van der Waals surface area contributed by atoms with Gasteiger partial charge in [-0.1, -0.05) is 6.42 Å². The largest absolute Gasteiger partial charge is 0.478 e. The van der Waals surface area contributed by atoms with Crippen molar-refractivity contribution in [1.82, 2.24) is 0 Å². The number of ether oxygens (including phenoxy) is 1. The molecule has 1 aliphatic carbocycles. The van der Waals surface area contributed by atoms with Crippen molar-refractivity contribution >= 4 is 5.97 Å². The zero-order valence-corrected chi connectivity index (χ0v) is 9.79. The van der Waals surface area contributed by atoms with Gasteiger partial charge < -0.3 is 9.84 Å². The van der Waals surface area contributed by atoms with Gasteiger partial charge in [0.1, 0.15) is 5.82 Å². The zero-order chi connectivity index (χ0) is 13.2. The van der Waals surface area contributed by atoms with Crippen molar-refractivity contribution in [2.45, 2.75) is 37.7 Å². The van der Waals surface area contributed by atoms with Gasteiger partial charge in [-0.25, -0.2) is 13.6 Å². The lowest BCUT2D eigenvalue weighted by Gasteiger charge is -2.33. The zero-order valence-electron chi connectivity index (χ0n) is 9.79. The van der Waals surface area contributed by atoms with Gasteiger partial charge in [0.15, 0.2) is 11.6 Å². The molecule has 0 amide bonds. The first kappa shape index (κ1) is 12.8. The molecule has 3 nitrogen and oxygen atoms in total. The normalized spacial score (nSPS) is 18.3. The van der Waals surface area contributed by atoms with Crippen LogP contribution < -0.4 is 4.74 Å². The summed E-state index contributed by atoms with van der Waals surface area (Å²) in [6.45, 7) is 0. The van der Waals surface area contributed by atoms with Gasteiger partial charge in [-0.3, -0.25) is 0 Å². The summed E-state index contributed by atoms with van der Waals surface area (Å²) >= 11 is 0. The molecule has 18 heavy (non-hydrogen) atoms. The van der Waals surface area contributed by atoms with E-state index in [1.54, 1.807) is 0 Å². The molecule has 0 radical (unpaired) electrons. The van der Waals surface area contributed by atoms with Gasteiger partial charge in [0.25, 0.3) is 0 Å². The lowest BCUT2D eigenvalue weighted by atomic mass is 9.84. The van der Waals surface area contributed by atoms with Crippen molar-refractivity contribution in [3.63, 3.8) is 0 Å². The number of carboxylic acids is 1. The Morgan fingerprint density at radius 2 is 1.89 bits per heavy atom. The highest BCUT2D eigenvalue weighted by Gasteiger charge is 2.42. The minimum Gasteiger partial charge on any atom is -0.478 e. The second-order valence-electron chi connectivity index (χ2n) is 4.54. The fourth-order valence-electron chi connectivity index (χ4n) is 2.25. The van der Waals surface area contributed by atoms with E-state index in [4.69, 9.17) is 4.74 Å². The number of carbonyl (C=O) groups is 1. The predicted molar refractivity (Wildman–Crippen MR) is 60.4 cm³/mol. The maximum atomic E-state index is 13.5. The summed E-state index contributed by atoms with van der Waals surface area (Å²) in [5.41, 5.74) is -1.38. The first-order valence-electron chi connectivity index (χ1n) is 5.91. The molecule has 5 heteroatoms. The number of carboxylic acid groups (broad SMARTS) is 1. The molecule has 1 fully saturated rings. The quantitative estimate of drug-likeness (QED) is 0.903. The van der Waals surface area contributed by atoms with Gasteiger partial charge in [0.2, 0.25) is 5.60 Å². The van der Waals surface area contributed by atoms with E-state index in [2.05, 4.69) is 0 Å². The highest BCUT2D eigenvalue weighted by molar-refractivity contribution is 5.78. The molecule has 1 aromatic rings. The van der Waals surface area contributed by atoms with Gasteiger partial charge in [-0.05, 0) is 37.8 Å². The molecule has 98 valence electrons. The van der Waals surface area contributed by atoms with Crippen LogP contribution in [0.4, 0.5) is 8.78 Å². The van der Waals surface area contributed by atoms with Crippen LogP contribution in [-0.2, 0) is 4.79 Å². The molecule has 0 aromatic heterocycles. The Morgan fingerprint density at radius 1 is 1.22 bits per heavy atom. The first-order valence-corrected chi connectivity index (χ1v) is 5.91. The lowest BCUT2D eigenvalue weighted by Crippen LogP contribution is -2.46. The summed E-state index contributed by atoms with van der Waals surface area (Å²) in [5, 5.41) is 9.27. The summed E-state index contributed by atoms with van der Waals surface area (Å²) in [6, 6.07) is 2.87. The fourth-order valence-corrected chi connectivity index (χ4v) is 2.25. The Bertz CT molecular complexity index is 454. The minimum absolute atomic E-state index is 0.208. The maximum Gasteiger partial charge on any atom is 0.348 e. The average molecular weight is 256 g/mol. The molecule has 0 atom stereocenters. The van der Waals surface area contributed by atoms with Crippen LogP contribution in [0.15, 0.2) is 18.2 Å². The van der Waals surface area contributed by atoms with Crippen LogP contribution in [0.3, 0.4) is 0 Å². The predicted octanol–water partition coefficient (Wildman–Crippen LogP) is 3.13. The van der Waals surface area contributed by atoms with Crippen LogP contribution in [-0.4, -0.2) is 16.7 Å². The van der Waals surface area contributed by atoms with Crippen LogP contribution in [0.2, 0.25) is 0 Å². The van der Waals surface area contributed by atoms with Crippen molar-refractivity contribution in [3.05, 3.63) is 29.8 Å². The van der Waals surface area contributed by atoms with Crippen LogP contribution in [0.1, 0.15) is 32.1 Å². The molecule has 0 bridgehead atoms. The van der Waals surface area contributed by atoms with Crippen molar-refractivity contribution in [2.24, 2.45) is 0 Å². The van der Waals surface area contributed by atoms with E-state index in [-0.39, 0.29) is 5.75 Å². The van der Waals surface area contributed by atoms with Gasteiger partial charge in [0, 0.05) is 6.07 Å². The maximum absolute atomic E-state index is 13.5. The number of aliphatic carboxylic acids is 1. The number of hydrogen-bond acceptors (Lipinski definition) is 2. The third-order valence-electron chi connectivity index (χ3n) is 3.25. The van der Waals surface area contributed by atoms with E-state index in [1.165, 1.54) is 0 Å². The molecule has 1 aliphatic rings. The summed E-state index contributed by atoms with van der Waals surface area (Å²) in [4.78, 5) is 11.3. The van der Waals surface area contributed by atoms with Gasteiger partial charge in [-0.15, -0.1) is 0 Å². The fraction of sp³-hybridized carbons (Fsp3) is 0.462. The van der Waals surface area contributed by atoms with Gasteiger partial charge in [-0.2, -0.15) is 0 Å². The number of rotatable bonds is 3. The Morgan fingerprint density at radius 3 is 2.44 bits per heavy atom. The van der Waals surface area contributed by atoms with Crippen molar-refractivity contribution in [3.8, 4) is 5.75 Å². The van der Waals surface area contributed by atoms with Crippen LogP contribution in [0.25, 0.3) is 0 Å². The second kappa shape index (κ2) is 4.92. The monoisotopic (exact) mass is 256 g/mol. The van der Waals surface area contributed by atoms with Crippen LogP contribution in [0.5, 0.6) is 5.75 Å². The molecule has 2 rings (SSSR count). The highest BCUT2D eigenvalue weighted by Crippen LogP contribution is 2.34. The molecular weight excluding hydrogens is 242 g/mol. The lowest BCUT2D eigenvalue weighted by molar-refractivity contribution is -0.158. The molecule has 0 unspecified atom stereocenters. The average Bonchev–Trinajstić information content (AvgIpc) is 2.34. The summed E-state index contributed by atoms with van der Waals surface area (Å²) in [5.74, 6) is -2.89. The van der Waals surface area contributed by atoms with E-state index in [0.717, 1.165) is 31.4 Å². The van der Waals surface area contributed by atoms with Crippen molar-refractivity contribution in [1.29, 1.82) is 0 Å². The molecule has 0 spiro atoms. The summed E-state index contributed by atoms with van der Waals surface area (Å²) in [6.07, 6.45) is 3.10.